The first-order chi connectivity index (χ1) is 7.78. The summed E-state index contributed by atoms with van der Waals surface area (Å²) in [6.45, 7) is 0. The Labute approximate surface area is 95.4 Å². The van der Waals surface area contributed by atoms with E-state index in [2.05, 4.69) is 4.18 Å². The van der Waals surface area contributed by atoms with E-state index in [1.54, 1.807) is 6.07 Å². The minimum absolute atomic E-state index is 0.0721. The topological polar surface area (TPSA) is 67.2 Å². The Morgan fingerprint density at radius 2 is 1.88 bits per heavy atom. The van der Waals surface area contributed by atoms with Crippen LogP contribution >= 0.6 is 0 Å². The van der Waals surface area contributed by atoms with E-state index in [1.165, 1.54) is 18.2 Å². The van der Waals surface area contributed by atoms with Crippen molar-refractivity contribution in [1.82, 2.24) is 0 Å². The maximum absolute atomic E-state index is 12.1. The van der Waals surface area contributed by atoms with Crippen molar-refractivity contribution in [1.29, 1.82) is 5.26 Å². The van der Waals surface area contributed by atoms with Crippen molar-refractivity contribution in [3.05, 3.63) is 29.8 Å². The quantitative estimate of drug-likeness (QED) is 0.619. The second-order valence-corrected chi connectivity index (χ2v) is 4.46. The summed E-state index contributed by atoms with van der Waals surface area (Å²) >= 11 is 0. The van der Waals surface area contributed by atoms with Gasteiger partial charge in [0.15, 0.2) is 0 Å². The van der Waals surface area contributed by atoms with Crippen LogP contribution in [0.4, 0.5) is 13.2 Å². The first-order valence-electron chi connectivity index (χ1n) is 4.23. The highest BCUT2D eigenvalue weighted by Gasteiger charge is 2.48. The van der Waals surface area contributed by atoms with E-state index in [4.69, 9.17) is 5.26 Å². The van der Waals surface area contributed by atoms with Crippen molar-refractivity contribution in [2.75, 3.05) is 0 Å². The third-order valence-electron chi connectivity index (χ3n) is 1.73. The molecule has 0 aromatic heterocycles. The van der Waals surface area contributed by atoms with Crippen molar-refractivity contribution >= 4 is 10.1 Å². The zero-order valence-electron chi connectivity index (χ0n) is 8.23. The van der Waals surface area contributed by atoms with Crippen LogP contribution in [0.1, 0.15) is 5.56 Å². The van der Waals surface area contributed by atoms with Crippen molar-refractivity contribution in [2.45, 2.75) is 11.9 Å². The van der Waals surface area contributed by atoms with Gasteiger partial charge in [0.1, 0.15) is 5.75 Å². The second kappa shape index (κ2) is 4.63. The monoisotopic (exact) mass is 265 g/mol. The fourth-order valence-corrected chi connectivity index (χ4v) is 1.48. The molecule has 0 aliphatic carbocycles. The van der Waals surface area contributed by atoms with Crippen molar-refractivity contribution in [2.24, 2.45) is 0 Å². The Balaban J connectivity index is 3.09. The Hall–Kier alpha value is -1.75. The van der Waals surface area contributed by atoms with E-state index in [1.807, 2.05) is 0 Å². The lowest BCUT2D eigenvalue weighted by molar-refractivity contribution is -0.0500. The predicted molar refractivity (Wildman–Crippen MR) is 51.4 cm³/mol. The van der Waals surface area contributed by atoms with Gasteiger partial charge in [-0.05, 0) is 6.07 Å². The van der Waals surface area contributed by atoms with Gasteiger partial charge in [-0.1, -0.05) is 18.2 Å². The second-order valence-electron chi connectivity index (χ2n) is 2.93. The molecule has 0 unspecified atom stereocenters. The van der Waals surface area contributed by atoms with Crippen LogP contribution in [0.25, 0.3) is 0 Å². The molecule has 0 aliphatic heterocycles. The number of alkyl halides is 3. The van der Waals surface area contributed by atoms with Crippen LogP contribution in [-0.2, 0) is 16.5 Å². The fourth-order valence-electron chi connectivity index (χ4n) is 0.982. The minimum atomic E-state index is -5.70. The summed E-state index contributed by atoms with van der Waals surface area (Å²) in [5.41, 5.74) is -5.42. The van der Waals surface area contributed by atoms with Gasteiger partial charge in [0.25, 0.3) is 0 Å². The number of rotatable bonds is 3. The van der Waals surface area contributed by atoms with Crippen LogP contribution in [0.5, 0.6) is 5.75 Å². The molecule has 0 heterocycles. The van der Waals surface area contributed by atoms with E-state index < -0.39 is 21.4 Å². The minimum Gasteiger partial charge on any atom is -0.376 e. The lowest BCUT2D eigenvalue weighted by Gasteiger charge is -2.11. The van der Waals surface area contributed by atoms with Gasteiger partial charge in [0.05, 0.1) is 12.5 Å². The molecule has 0 fully saturated rings. The van der Waals surface area contributed by atoms with Gasteiger partial charge in [-0.3, -0.25) is 0 Å². The molecule has 0 saturated carbocycles. The number of hydrogen-bond acceptors (Lipinski definition) is 4. The van der Waals surface area contributed by atoms with Crippen molar-refractivity contribution in [3.63, 3.8) is 0 Å². The standard InChI is InChI=1S/C9H6F3NO3S/c10-9(11,12)17(14,15)16-8-4-2-1-3-7(8)5-6-13/h1-4H,5H2. The Kier molecular flexibility index (Phi) is 3.63. The maximum Gasteiger partial charge on any atom is 0.534 e. The van der Waals surface area contributed by atoms with E-state index in [0.29, 0.717) is 0 Å². The molecule has 0 saturated heterocycles. The summed E-state index contributed by atoms with van der Waals surface area (Å²) in [5, 5.41) is 8.43. The molecule has 0 spiro atoms. The van der Waals surface area contributed by atoms with Gasteiger partial charge in [0.2, 0.25) is 0 Å². The number of halogens is 3. The molecule has 0 amide bonds. The summed E-state index contributed by atoms with van der Waals surface area (Å²) in [4.78, 5) is 0. The summed E-state index contributed by atoms with van der Waals surface area (Å²) in [6, 6.07) is 6.82. The molecular formula is C9H6F3NO3S. The molecule has 0 N–H and O–H groups in total. The Morgan fingerprint density at radius 1 is 1.29 bits per heavy atom. The average molecular weight is 265 g/mol. The average Bonchev–Trinajstić information content (AvgIpc) is 2.19. The molecule has 4 nitrogen and oxygen atoms in total. The lowest BCUT2D eigenvalue weighted by Crippen LogP contribution is -2.28. The summed E-state index contributed by atoms with van der Waals surface area (Å²) in [5.74, 6) is -0.494. The third kappa shape index (κ3) is 3.10. The summed E-state index contributed by atoms with van der Waals surface area (Å²) in [7, 11) is -5.70. The van der Waals surface area contributed by atoms with Gasteiger partial charge >= 0.3 is 15.6 Å². The van der Waals surface area contributed by atoms with E-state index in [9.17, 15) is 21.6 Å². The fraction of sp³-hybridized carbons (Fsp3) is 0.222. The van der Waals surface area contributed by atoms with Crippen LogP contribution in [0.2, 0.25) is 0 Å². The predicted octanol–water partition coefficient (Wildman–Crippen LogP) is 1.98. The van der Waals surface area contributed by atoms with Gasteiger partial charge < -0.3 is 4.18 Å². The zero-order chi connectivity index (χ0) is 13.1. The Morgan fingerprint density at radius 3 is 2.41 bits per heavy atom. The summed E-state index contributed by atoms with van der Waals surface area (Å²) < 4.78 is 61.6. The van der Waals surface area contributed by atoms with E-state index >= 15 is 0 Å². The Bertz CT molecular complexity index is 545. The molecule has 1 aromatic rings. The molecule has 0 aliphatic rings. The number of hydrogen-bond donors (Lipinski definition) is 0. The van der Waals surface area contributed by atoms with Crippen molar-refractivity contribution < 1.29 is 25.8 Å². The number of nitrogens with zero attached hydrogens (tertiary/aromatic N) is 1. The maximum atomic E-state index is 12.1. The molecule has 0 radical (unpaired) electrons. The molecule has 1 rings (SSSR count). The first kappa shape index (κ1) is 13.3. The largest absolute Gasteiger partial charge is 0.534 e. The molecule has 0 bridgehead atoms. The van der Waals surface area contributed by atoms with Gasteiger partial charge in [-0.25, -0.2) is 0 Å². The molecule has 1 aromatic carbocycles. The number of benzene rings is 1. The van der Waals surface area contributed by atoms with Crippen LogP contribution in [-0.4, -0.2) is 13.9 Å². The third-order valence-corrected chi connectivity index (χ3v) is 2.69. The van der Waals surface area contributed by atoms with Crippen LogP contribution < -0.4 is 4.18 Å². The molecular weight excluding hydrogens is 259 g/mol. The van der Waals surface area contributed by atoms with Crippen LogP contribution in [0.3, 0.4) is 0 Å². The van der Waals surface area contributed by atoms with Crippen LogP contribution in [0, 0.1) is 11.3 Å². The highest BCUT2D eigenvalue weighted by molar-refractivity contribution is 7.88. The summed E-state index contributed by atoms with van der Waals surface area (Å²) in [6.07, 6.45) is -0.246. The van der Waals surface area contributed by atoms with Gasteiger partial charge in [-0.2, -0.15) is 26.9 Å². The zero-order valence-corrected chi connectivity index (χ0v) is 9.05. The lowest BCUT2D eigenvalue weighted by atomic mass is 10.1. The van der Waals surface area contributed by atoms with Gasteiger partial charge in [-0.15, -0.1) is 0 Å². The smallest absolute Gasteiger partial charge is 0.376 e. The molecule has 8 heteroatoms. The highest BCUT2D eigenvalue weighted by atomic mass is 32.2. The normalized spacial score (nSPS) is 11.9. The van der Waals surface area contributed by atoms with E-state index in [-0.39, 0.29) is 12.0 Å². The number of para-hydroxylation sites is 1. The first-order valence-corrected chi connectivity index (χ1v) is 5.64. The van der Waals surface area contributed by atoms with Crippen LogP contribution in [0.15, 0.2) is 24.3 Å². The van der Waals surface area contributed by atoms with Gasteiger partial charge in [0, 0.05) is 5.56 Å². The van der Waals surface area contributed by atoms with E-state index in [0.717, 1.165) is 6.07 Å². The van der Waals surface area contributed by atoms with Crippen molar-refractivity contribution in [3.8, 4) is 11.8 Å². The number of nitriles is 1. The molecule has 0 atom stereocenters. The molecule has 17 heavy (non-hydrogen) atoms. The SMILES string of the molecule is N#CCc1ccccc1OS(=O)(=O)C(F)(F)F. The molecule has 92 valence electrons. The highest BCUT2D eigenvalue weighted by Crippen LogP contribution is 2.28.